The molecule has 94 valence electrons. The van der Waals surface area contributed by atoms with Crippen molar-refractivity contribution in [1.29, 1.82) is 0 Å². The lowest BCUT2D eigenvalue weighted by Crippen LogP contribution is -2.45. The Hall–Kier alpha value is -0.510. The second-order valence-electron chi connectivity index (χ2n) is 4.73. The van der Waals surface area contributed by atoms with E-state index < -0.39 is 18.1 Å². The Bertz CT molecular complexity index is 241. The molecule has 0 amide bonds. The third-order valence-electron chi connectivity index (χ3n) is 3.08. The minimum atomic E-state index is -4.05. The van der Waals surface area contributed by atoms with Crippen LogP contribution in [0.2, 0.25) is 0 Å². The van der Waals surface area contributed by atoms with E-state index in [-0.39, 0.29) is 6.42 Å². The van der Waals surface area contributed by atoms with Crippen molar-refractivity contribution in [3.63, 3.8) is 0 Å². The van der Waals surface area contributed by atoms with Gasteiger partial charge in [-0.15, -0.1) is 0 Å². The SMILES string of the molecule is CC(C)=CCN[C@@H]1CCCC[C@@H]1C(F)(F)F. The fraction of sp³-hybridized carbons (Fsp3) is 0.833. The Morgan fingerprint density at radius 2 is 1.88 bits per heavy atom. The summed E-state index contributed by atoms with van der Waals surface area (Å²) in [6, 6.07) is -0.399. The number of nitrogens with one attached hydrogen (secondary N) is 1. The highest BCUT2D eigenvalue weighted by atomic mass is 19.4. The first-order valence-electron chi connectivity index (χ1n) is 5.84. The average Bonchev–Trinajstić information content (AvgIpc) is 2.16. The Labute approximate surface area is 95.1 Å². The molecule has 1 fully saturated rings. The second-order valence-corrected chi connectivity index (χ2v) is 4.73. The number of halogens is 3. The van der Waals surface area contributed by atoms with Crippen LogP contribution < -0.4 is 5.32 Å². The van der Waals surface area contributed by atoms with Gasteiger partial charge in [-0.05, 0) is 26.7 Å². The lowest BCUT2D eigenvalue weighted by molar-refractivity contribution is -0.188. The molecule has 0 heterocycles. The largest absolute Gasteiger partial charge is 0.393 e. The molecule has 0 radical (unpaired) electrons. The summed E-state index contributed by atoms with van der Waals surface area (Å²) in [5, 5.41) is 3.01. The van der Waals surface area contributed by atoms with E-state index in [1.807, 2.05) is 19.9 Å². The molecule has 1 saturated carbocycles. The zero-order valence-electron chi connectivity index (χ0n) is 9.90. The summed E-state index contributed by atoms with van der Waals surface area (Å²) >= 11 is 0. The van der Waals surface area contributed by atoms with Gasteiger partial charge in [-0.2, -0.15) is 13.2 Å². The molecule has 0 aromatic heterocycles. The van der Waals surface area contributed by atoms with Gasteiger partial charge in [-0.25, -0.2) is 0 Å². The van der Waals surface area contributed by atoms with Crippen LogP contribution in [0.5, 0.6) is 0 Å². The Kier molecular flexibility index (Phi) is 4.84. The van der Waals surface area contributed by atoms with Crippen LogP contribution in [0.4, 0.5) is 13.2 Å². The standard InChI is InChI=1S/C12H20F3N/c1-9(2)7-8-16-11-6-4-3-5-10(11)12(13,14)15/h7,10-11,16H,3-6,8H2,1-2H3/t10-,11+/m0/s1. The summed E-state index contributed by atoms with van der Waals surface area (Å²) in [5.41, 5.74) is 1.13. The molecule has 1 aliphatic carbocycles. The van der Waals surface area contributed by atoms with E-state index in [1.54, 1.807) is 0 Å². The van der Waals surface area contributed by atoms with Crippen LogP contribution in [-0.2, 0) is 0 Å². The van der Waals surface area contributed by atoms with Crippen LogP contribution in [0.1, 0.15) is 39.5 Å². The number of allylic oxidation sites excluding steroid dienone is 1. The van der Waals surface area contributed by atoms with E-state index in [4.69, 9.17) is 0 Å². The maximum absolute atomic E-state index is 12.7. The topological polar surface area (TPSA) is 12.0 Å². The highest BCUT2D eigenvalue weighted by Gasteiger charge is 2.45. The number of rotatable bonds is 3. The van der Waals surface area contributed by atoms with Gasteiger partial charge in [0, 0.05) is 12.6 Å². The van der Waals surface area contributed by atoms with Crippen molar-refractivity contribution >= 4 is 0 Å². The van der Waals surface area contributed by atoms with E-state index in [1.165, 1.54) is 0 Å². The van der Waals surface area contributed by atoms with E-state index in [2.05, 4.69) is 5.32 Å². The Morgan fingerprint density at radius 3 is 2.44 bits per heavy atom. The highest BCUT2D eigenvalue weighted by molar-refractivity contribution is 4.96. The molecule has 1 N–H and O–H groups in total. The van der Waals surface area contributed by atoms with E-state index >= 15 is 0 Å². The molecule has 1 rings (SSSR count). The van der Waals surface area contributed by atoms with Gasteiger partial charge in [-0.1, -0.05) is 24.5 Å². The summed E-state index contributed by atoms with van der Waals surface area (Å²) < 4.78 is 38.2. The maximum Gasteiger partial charge on any atom is 0.393 e. The lowest BCUT2D eigenvalue weighted by atomic mass is 9.84. The van der Waals surface area contributed by atoms with Crippen LogP contribution in [0.25, 0.3) is 0 Å². The van der Waals surface area contributed by atoms with Crippen molar-refractivity contribution in [2.24, 2.45) is 5.92 Å². The monoisotopic (exact) mass is 235 g/mol. The van der Waals surface area contributed by atoms with Gasteiger partial charge in [0.05, 0.1) is 5.92 Å². The maximum atomic E-state index is 12.7. The van der Waals surface area contributed by atoms with Crippen molar-refractivity contribution in [2.45, 2.75) is 51.7 Å². The zero-order chi connectivity index (χ0) is 12.2. The van der Waals surface area contributed by atoms with Gasteiger partial charge in [0.15, 0.2) is 0 Å². The Morgan fingerprint density at radius 1 is 1.25 bits per heavy atom. The van der Waals surface area contributed by atoms with Gasteiger partial charge in [0.2, 0.25) is 0 Å². The highest BCUT2D eigenvalue weighted by Crippen LogP contribution is 2.37. The van der Waals surface area contributed by atoms with Crippen LogP contribution in [-0.4, -0.2) is 18.8 Å². The fourth-order valence-electron chi connectivity index (χ4n) is 2.18. The van der Waals surface area contributed by atoms with Gasteiger partial charge < -0.3 is 5.32 Å². The van der Waals surface area contributed by atoms with Crippen molar-refractivity contribution in [2.75, 3.05) is 6.54 Å². The molecule has 0 aromatic rings. The van der Waals surface area contributed by atoms with E-state index in [9.17, 15) is 13.2 Å². The molecule has 0 unspecified atom stereocenters. The third kappa shape index (κ3) is 4.16. The van der Waals surface area contributed by atoms with Crippen molar-refractivity contribution in [3.05, 3.63) is 11.6 Å². The number of hydrogen-bond acceptors (Lipinski definition) is 1. The molecular weight excluding hydrogens is 215 g/mol. The smallest absolute Gasteiger partial charge is 0.310 e. The molecule has 4 heteroatoms. The molecule has 16 heavy (non-hydrogen) atoms. The minimum Gasteiger partial charge on any atom is -0.310 e. The van der Waals surface area contributed by atoms with Crippen LogP contribution >= 0.6 is 0 Å². The molecule has 0 aromatic carbocycles. The minimum absolute atomic E-state index is 0.274. The molecule has 0 saturated heterocycles. The predicted octanol–water partition coefficient (Wildman–Crippen LogP) is 3.66. The lowest BCUT2D eigenvalue weighted by Gasteiger charge is -2.33. The number of alkyl halides is 3. The van der Waals surface area contributed by atoms with E-state index in [0.717, 1.165) is 12.0 Å². The van der Waals surface area contributed by atoms with Crippen LogP contribution in [0.3, 0.4) is 0 Å². The first kappa shape index (κ1) is 13.6. The average molecular weight is 235 g/mol. The van der Waals surface area contributed by atoms with Crippen molar-refractivity contribution in [3.8, 4) is 0 Å². The summed E-state index contributed by atoms with van der Waals surface area (Å²) in [6.45, 7) is 4.44. The molecule has 0 bridgehead atoms. The molecule has 1 aliphatic rings. The first-order chi connectivity index (χ1) is 7.41. The third-order valence-corrected chi connectivity index (χ3v) is 3.08. The molecule has 0 spiro atoms. The molecule has 0 aliphatic heterocycles. The quantitative estimate of drug-likeness (QED) is 0.736. The van der Waals surface area contributed by atoms with E-state index in [0.29, 0.717) is 19.4 Å². The summed E-state index contributed by atoms with van der Waals surface area (Å²) in [7, 11) is 0. The molecule has 1 nitrogen and oxygen atoms in total. The first-order valence-corrected chi connectivity index (χ1v) is 5.84. The van der Waals surface area contributed by atoms with Gasteiger partial charge in [-0.3, -0.25) is 0 Å². The van der Waals surface area contributed by atoms with Crippen molar-refractivity contribution in [1.82, 2.24) is 5.32 Å². The van der Waals surface area contributed by atoms with Gasteiger partial charge >= 0.3 is 6.18 Å². The van der Waals surface area contributed by atoms with Gasteiger partial charge in [0.1, 0.15) is 0 Å². The normalized spacial score (nSPS) is 26.6. The van der Waals surface area contributed by atoms with Crippen molar-refractivity contribution < 1.29 is 13.2 Å². The van der Waals surface area contributed by atoms with Crippen LogP contribution in [0.15, 0.2) is 11.6 Å². The second kappa shape index (κ2) is 5.71. The molecular formula is C12H20F3N. The predicted molar refractivity (Wildman–Crippen MR) is 59.2 cm³/mol. The molecule has 2 atom stereocenters. The Balaban J connectivity index is 2.51. The summed E-state index contributed by atoms with van der Waals surface area (Å²) in [4.78, 5) is 0. The van der Waals surface area contributed by atoms with Crippen LogP contribution in [0, 0.1) is 5.92 Å². The summed E-state index contributed by atoms with van der Waals surface area (Å²) in [5.74, 6) is -1.16. The zero-order valence-corrected chi connectivity index (χ0v) is 9.90. The van der Waals surface area contributed by atoms with Gasteiger partial charge in [0.25, 0.3) is 0 Å². The summed E-state index contributed by atoms with van der Waals surface area (Å²) in [6.07, 6.45) is 0.395. The fourth-order valence-corrected chi connectivity index (χ4v) is 2.18. The number of hydrogen-bond donors (Lipinski definition) is 1.